The number of amides is 4. The van der Waals surface area contributed by atoms with E-state index < -0.39 is 29.1 Å². The molecule has 0 radical (unpaired) electrons. The fourth-order valence-electron chi connectivity index (χ4n) is 8.51. The predicted molar refractivity (Wildman–Crippen MR) is 167 cm³/mol. The molecule has 0 aromatic heterocycles. The minimum absolute atomic E-state index is 0.196. The number of anilines is 2. The zero-order chi connectivity index (χ0) is 31.1. The summed E-state index contributed by atoms with van der Waals surface area (Å²) in [5, 5.41) is 10.6. The quantitative estimate of drug-likeness (QED) is 0.298. The first-order valence-electron chi connectivity index (χ1n) is 15.5. The van der Waals surface area contributed by atoms with E-state index in [0.29, 0.717) is 35.3 Å². The molecule has 224 valence electrons. The lowest BCUT2D eigenvalue weighted by Crippen LogP contribution is -2.49. The topological polar surface area (TPSA) is 95.0 Å². The molecule has 6 unspecified atom stereocenters. The summed E-state index contributed by atoms with van der Waals surface area (Å²) in [5.74, 6) is -3.49. The van der Waals surface area contributed by atoms with Crippen LogP contribution in [0.3, 0.4) is 0 Å². The van der Waals surface area contributed by atoms with Gasteiger partial charge in [0.1, 0.15) is 5.75 Å². The Morgan fingerprint density at radius 3 is 2.09 bits per heavy atom. The van der Waals surface area contributed by atoms with Crippen LogP contribution in [0, 0.1) is 42.9 Å². The fourth-order valence-corrected chi connectivity index (χ4v) is 8.51. The second-order valence-corrected chi connectivity index (χ2v) is 13.0. The van der Waals surface area contributed by atoms with E-state index in [-0.39, 0.29) is 35.3 Å². The van der Waals surface area contributed by atoms with Crippen LogP contribution in [0.15, 0.2) is 78.4 Å². The van der Waals surface area contributed by atoms with E-state index in [4.69, 9.17) is 0 Å². The number of carbonyl (C=O) groups excluding carboxylic acids is 4. The molecule has 1 saturated carbocycles. The molecule has 4 amide bonds. The maximum Gasteiger partial charge on any atom is 0.241 e. The van der Waals surface area contributed by atoms with Crippen molar-refractivity contribution >= 4 is 35.0 Å². The van der Waals surface area contributed by atoms with E-state index in [1.165, 1.54) is 9.80 Å². The van der Waals surface area contributed by atoms with Gasteiger partial charge in [0.25, 0.3) is 0 Å². The monoisotopic (exact) mass is 588 g/mol. The van der Waals surface area contributed by atoms with E-state index in [1.54, 1.807) is 12.1 Å². The molecule has 6 atom stereocenters. The molecule has 7 rings (SSSR count). The maximum absolute atomic E-state index is 14.5. The summed E-state index contributed by atoms with van der Waals surface area (Å²) in [6.45, 7) is 7.60. The molecule has 3 fully saturated rings. The highest BCUT2D eigenvalue weighted by Gasteiger charge is 2.67. The van der Waals surface area contributed by atoms with Gasteiger partial charge in [0.05, 0.1) is 34.5 Å². The minimum atomic E-state index is -1.11. The number of hydrogen-bond acceptors (Lipinski definition) is 5. The molecule has 3 aromatic carbocycles. The van der Waals surface area contributed by atoms with Crippen molar-refractivity contribution in [3.05, 3.63) is 101 Å². The van der Waals surface area contributed by atoms with Crippen molar-refractivity contribution in [2.75, 3.05) is 9.80 Å². The summed E-state index contributed by atoms with van der Waals surface area (Å²) in [6.07, 6.45) is 3.62. The Bertz CT molecular complexity index is 1740. The molecule has 2 saturated heterocycles. The van der Waals surface area contributed by atoms with Crippen LogP contribution in [0.1, 0.15) is 54.9 Å². The number of para-hydroxylation sites is 1. The smallest absolute Gasteiger partial charge is 0.241 e. The number of rotatable bonds is 4. The summed E-state index contributed by atoms with van der Waals surface area (Å²) in [5.41, 5.74) is 4.24. The highest BCUT2D eigenvalue weighted by molar-refractivity contribution is 6.25. The summed E-state index contributed by atoms with van der Waals surface area (Å²) in [7, 11) is 0. The lowest BCUT2D eigenvalue weighted by atomic mass is 9.51. The Morgan fingerprint density at radius 2 is 1.45 bits per heavy atom. The summed E-state index contributed by atoms with van der Waals surface area (Å²) in [4.78, 5) is 59.5. The molecule has 3 aromatic rings. The number of hydrogen-bond donors (Lipinski definition) is 1. The highest BCUT2D eigenvalue weighted by atomic mass is 16.3. The number of phenols is 1. The predicted octanol–water partition coefficient (Wildman–Crippen LogP) is 6.01. The minimum Gasteiger partial charge on any atom is -0.507 e. The molecule has 7 heteroatoms. The third-order valence-electron chi connectivity index (χ3n) is 10.7. The zero-order valence-electron chi connectivity index (χ0n) is 25.4. The van der Waals surface area contributed by atoms with Crippen LogP contribution in [-0.4, -0.2) is 28.7 Å². The molecule has 44 heavy (non-hydrogen) atoms. The van der Waals surface area contributed by atoms with Gasteiger partial charge >= 0.3 is 0 Å². The molecule has 0 bridgehead atoms. The Hall–Kier alpha value is -4.52. The van der Waals surface area contributed by atoms with Gasteiger partial charge in [0.2, 0.25) is 23.6 Å². The van der Waals surface area contributed by atoms with Crippen molar-refractivity contribution in [2.45, 2.75) is 52.9 Å². The van der Waals surface area contributed by atoms with Gasteiger partial charge in [-0.05, 0) is 92.5 Å². The van der Waals surface area contributed by atoms with E-state index in [2.05, 4.69) is 13.0 Å². The van der Waals surface area contributed by atoms with E-state index >= 15 is 0 Å². The van der Waals surface area contributed by atoms with E-state index in [9.17, 15) is 24.3 Å². The second kappa shape index (κ2) is 10.0. The third-order valence-corrected chi connectivity index (χ3v) is 10.7. The van der Waals surface area contributed by atoms with Crippen LogP contribution in [0.4, 0.5) is 11.4 Å². The van der Waals surface area contributed by atoms with Gasteiger partial charge in [-0.15, -0.1) is 0 Å². The van der Waals surface area contributed by atoms with E-state index in [1.807, 2.05) is 75.4 Å². The fraction of sp³-hybridized carbons (Fsp3) is 0.351. The van der Waals surface area contributed by atoms with Crippen LogP contribution in [0.25, 0.3) is 0 Å². The number of nitrogens with zero attached hydrogens (tertiary/aromatic N) is 2. The number of aromatic hydroxyl groups is 1. The van der Waals surface area contributed by atoms with Crippen molar-refractivity contribution in [2.24, 2.45) is 29.1 Å². The first kappa shape index (κ1) is 28.3. The van der Waals surface area contributed by atoms with Crippen LogP contribution in [0.5, 0.6) is 5.75 Å². The second-order valence-electron chi connectivity index (χ2n) is 13.0. The van der Waals surface area contributed by atoms with Crippen LogP contribution < -0.4 is 9.80 Å². The number of allylic oxidation sites excluding steroid dienone is 2. The Balaban J connectivity index is 1.37. The molecule has 7 nitrogen and oxygen atoms in total. The summed E-state index contributed by atoms with van der Waals surface area (Å²) < 4.78 is 0. The third kappa shape index (κ3) is 3.81. The largest absolute Gasteiger partial charge is 0.507 e. The first-order valence-corrected chi connectivity index (χ1v) is 15.5. The van der Waals surface area contributed by atoms with Gasteiger partial charge in [-0.1, -0.05) is 61.0 Å². The van der Waals surface area contributed by atoms with Crippen molar-refractivity contribution < 1.29 is 24.3 Å². The number of benzene rings is 3. The number of aryl methyl sites for hydroxylation is 3. The van der Waals surface area contributed by atoms with Gasteiger partial charge in [-0.25, -0.2) is 4.90 Å². The number of carbonyl (C=O) groups is 4. The number of fused-ring (bicyclic) bond motifs is 4. The van der Waals surface area contributed by atoms with Crippen molar-refractivity contribution in [1.82, 2.24) is 0 Å². The van der Waals surface area contributed by atoms with Crippen molar-refractivity contribution in [3.8, 4) is 5.75 Å². The van der Waals surface area contributed by atoms with E-state index in [0.717, 1.165) is 23.1 Å². The molecule has 2 aliphatic heterocycles. The molecule has 4 aliphatic rings. The Labute approximate surface area is 257 Å². The SMILES string of the molecule is CCc1ccc(N2C(=O)C3CC=C4C(CC5C(=O)N(c6ccccc6)C(=O)C5(C)C4c4cc(C)c(O)c(C)c4)C3C2=O)cc1. The van der Waals surface area contributed by atoms with Gasteiger partial charge in [-0.2, -0.15) is 0 Å². The normalized spacial score (nSPS) is 29.5. The maximum atomic E-state index is 14.5. The number of phenolic OH excluding ortho intramolecular Hbond substituents is 1. The lowest BCUT2D eigenvalue weighted by Gasteiger charge is -2.49. The van der Waals surface area contributed by atoms with Crippen LogP contribution in [-0.2, 0) is 25.6 Å². The standard InChI is InChI=1S/C37H36N2O5/c1-5-22-11-13-25(14-12-22)38-33(41)27-16-15-26-28(30(27)35(38)43)19-29-34(42)39(24-9-7-6-8-10-24)36(44)37(29,4)31(26)23-17-20(2)32(40)21(3)18-23/h6-15,17-18,27-31,40H,5,16,19H2,1-4H3. The average molecular weight is 589 g/mol. The van der Waals surface area contributed by atoms with Crippen LogP contribution in [0.2, 0.25) is 0 Å². The molecule has 0 spiro atoms. The molecule has 2 aliphatic carbocycles. The average Bonchev–Trinajstić information content (AvgIpc) is 3.39. The summed E-state index contributed by atoms with van der Waals surface area (Å²) in [6, 6.07) is 20.3. The van der Waals surface area contributed by atoms with Crippen LogP contribution >= 0.6 is 0 Å². The van der Waals surface area contributed by atoms with Crippen molar-refractivity contribution in [3.63, 3.8) is 0 Å². The summed E-state index contributed by atoms with van der Waals surface area (Å²) >= 11 is 0. The van der Waals surface area contributed by atoms with Gasteiger partial charge in [0, 0.05) is 5.92 Å². The molecular weight excluding hydrogens is 552 g/mol. The molecule has 1 N–H and O–H groups in total. The van der Waals surface area contributed by atoms with Gasteiger partial charge in [-0.3, -0.25) is 24.1 Å². The Kier molecular flexibility index (Phi) is 6.43. The van der Waals surface area contributed by atoms with Gasteiger partial charge in [0.15, 0.2) is 0 Å². The van der Waals surface area contributed by atoms with Gasteiger partial charge < -0.3 is 5.11 Å². The Morgan fingerprint density at radius 1 is 0.818 bits per heavy atom. The first-order chi connectivity index (χ1) is 21.1. The highest BCUT2D eigenvalue weighted by Crippen LogP contribution is 2.64. The zero-order valence-corrected chi connectivity index (χ0v) is 25.4. The van der Waals surface area contributed by atoms with Crippen molar-refractivity contribution in [1.29, 1.82) is 0 Å². The lowest BCUT2D eigenvalue weighted by molar-refractivity contribution is -0.131. The molecular formula is C37H36N2O5. The molecule has 2 heterocycles. The number of imide groups is 2.